The molecule has 13 heavy (non-hydrogen) atoms. The molecule has 0 aliphatic heterocycles. The third-order valence-electron chi connectivity index (χ3n) is 2.02. The van der Waals surface area contributed by atoms with Gasteiger partial charge in [0.2, 0.25) is 0 Å². The fourth-order valence-electron chi connectivity index (χ4n) is 1.39. The molecule has 2 aromatic rings. The predicted octanol–water partition coefficient (Wildman–Crippen LogP) is 3.89. The Morgan fingerprint density at radius 2 is 1.92 bits per heavy atom. The summed E-state index contributed by atoms with van der Waals surface area (Å²) in [5.41, 5.74) is 1.09. The van der Waals surface area contributed by atoms with Crippen LogP contribution in [0, 0.1) is 16.3 Å². The standard InChI is InChI=1S/C11H8FI/c1-7-2-3-8-5-9(13)6-11(12)10(8)4-7/h2-6H,1H3. The van der Waals surface area contributed by atoms with Crippen LogP contribution in [0.15, 0.2) is 30.3 Å². The van der Waals surface area contributed by atoms with Crippen molar-refractivity contribution in [1.82, 2.24) is 0 Å². The van der Waals surface area contributed by atoms with Crippen molar-refractivity contribution in [3.8, 4) is 0 Å². The van der Waals surface area contributed by atoms with Gasteiger partial charge in [0.1, 0.15) is 5.82 Å². The van der Waals surface area contributed by atoms with Gasteiger partial charge in [-0.15, -0.1) is 0 Å². The number of fused-ring (bicyclic) bond motifs is 1. The molecule has 0 N–H and O–H groups in total. The van der Waals surface area contributed by atoms with E-state index in [0.29, 0.717) is 5.39 Å². The van der Waals surface area contributed by atoms with E-state index in [2.05, 4.69) is 22.6 Å². The van der Waals surface area contributed by atoms with E-state index < -0.39 is 0 Å². The Bertz CT molecular complexity index is 463. The van der Waals surface area contributed by atoms with Gasteiger partial charge in [-0.1, -0.05) is 17.7 Å². The van der Waals surface area contributed by atoms with Crippen LogP contribution in [0.3, 0.4) is 0 Å². The van der Waals surface area contributed by atoms with Crippen LogP contribution in [0.1, 0.15) is 5.56 Å². The first kappa shape index (κ1) is 8.94. The van der Waals surface area contributed by atoms with Crippen molar-refractivity contribution in [3.63, 3.8) is 0 Å². The van der Waals surface area contributed by atoms with E-state index in [1.807, 2.05) is 31.2 Å². The third kappa shape index (κ3) is 1.68. The monoisotopic (exact) mass is 286 g/mol. The summed E-state index contributed by atoms with van der Waals surface area (Å²) in [6.45, 7) is 1.97. The molecule has 0 unspecified atom stereocenters. The Kier molecular flexibility index (Phi) is 2.24. The highest BCUT2D eigenvalue weighted by Crippen LogP contribution is 2.22. The first-order chi connectivity index (χ1) is 6.16. The second-order valence-corrected chi connectivity index (χ2v) is 4.36. The van der Waals surface area contributed by atoms with E-state index in [1.54, 1.807) is 6.07 Å². The Morgan fingerprint density at radius 1 is 1.15 bits per heavy atom. The number of hydrogen-bond donors (Lipinski definition) is 0. The predicted molar refractivity (Wildman–Crippen MR) is 61.4 cm³/mol. The molecule has 0 atom stereocenters. The van der Waals surface area contributed by atoms with Gasteiger partial charge in [0.15, 0.2) is 0 Å². The molecule has 0 amide bonds. The van der Waals surface area contributed by atoms with E-state index in [0.717, 1.165) is 14.5 Å². The van der Waals surface area contributed by atoms with E-state index >= 15 is 0 Å². The molecule has 2 rings (SSSR count). The maximum absolute atomic E-state index is 13.4. The van der Waals surface area contributed by atoms with Gasteiger partial charge in [0, 0.05) is 8.96 Å². The van der Waals surface area contributed by atoms with E-state index in [9.17, 15) is 4.39 Å². The second-order valence-electron chi connectivity index (χ2n) is 3.11. The molecule has 0 aromatic heterocycles. The van der Waals surface area contributed by atoms with Crippen LogP contribution >= 0.6 is 22.6 Å². The number of rotatable bonds is 0. The second kappa shape index (κ2) is 3.25. The van der Waals surface area contributed by atoms with Crippen molar-refractivity contribution in [1.29, 1.82) is 0 Å². The van der Waals surface area contributed by atoms with Crippen molar-refractivity contribution >= 4 is 33.4 Å². The summed E-state index contributed by atoms with van der Waals surface area (Å²) in [5, 5.41) is 1.68. The summed E-state index contributed by atoms with van der Waals surface area (Å²) >= 11 is 2.12. The zero-order chi connectivity index (χ0) is 9.42. The summed E-state index contributed by atoms with van der Waals surface area (Å²) in [4.78, 5) is 0. The van der Waals surface area contributed by atoms with Crippen molar-refractivity contribution in [3.05, 3.63) is 45.3 Å². The Morgan fingerprint density at radius 3 is 2.69 bits per heavy atom. The number of aryl methyl sites for hydroxylation is 1. The average molecular weight is 286 g/mol. The van der Waals surface area contributed by atoms with Gasteiger partial charge in [-0.05, 0) is 53.1 Å². The van der Waals surface area contributed by atoms with Gasteiger partial charge in [-0.2, -0.15) is 0 Å². The molecular weight excluding hydrogens is 278 g/mol. The zero-order valence-corrected chi connectivity index (χ0v) is 9.30. The lowest BCUT2D eigenvalue weighted by Gasteiger charge is -2.01. The van der Waals surface area contributed by atoms with Gasteiger partial charge in [-0.3, -0.25) is 0 Å². The molecule has 0 spiro atoms. The molecule has 0 bridgehead atoms. The van der Waals surface area contributed by atoms with Gasteiger partial charge in [0.25, 0.3) is 0 Å². The van der Waals surface area contributed by atoms with E-state index in [4.69, 9.17) is 0 Å². The summed E-state index contributed by atoms with van der Waals surface area (Å²) in [6, 6.07) is 9.37. The van der Waals surface area contributed by atoms with Gasteiger partial charge >= 0.3 is 0 Å². The molecular formula is C11H8FI. The van der Waals surface area contributed by atoms with Crippen molar-refractivity contribution in [2.75, 3.05) is 0 Å². The Labute approximate surface area is 89.9 Å². The summed E-state index contributed by atoms with van der Waals surface area (Å²) in [6.07, 6.45) is 0. The molecule has 0 saturated carbocycles. The molecule has 0 heterocycles. The SMILES string of the molecule is Cc1ccc2cc(I)cc(F)c2c1. The molecule has 0 saturated heterocycles. The molecule has 0 fully saturated rings. The Balaban J connectivity index is 2.87. The summed E-state index contributed by atoms with van der Waals surface area (Å²) in [7, 11) is 0. The maximum atomic E-state index is 13.4. The minimum Gasteiger partial charge on any atom is -0.206 e. The third-order valence-corrected chi connectivity index (χ3v) is 2.65. The van der Waals surface area contributed by atoms with Crippen molar-refractivity contribution < 1.29 is 4.39 Å². The topological polar surface area (TPSA) is 0 Å². The minimum absolute atomic E-state index is 0.134. The van der Waals surface area contributed by atoms with Gasteiger partial charge in [-0.25, -0.2) is 4.39 Å². The van der Waals surface area contributed by atoms with Crippen LogP contribution in [-0.2, 0) is 0 Å². The van der Waals surface area contributed by atoms with Gasteiger partial charge < -0.3 is 0 Å². The van der Waals surface area contributed by atoms with Crippen LogP contribution < -0.4 is 0 Å². The maximum Gasteiger partial charge on any atom is 0.132 e. The van der Waals surface area contributed by atoms with E-state index in [1.165, 1.54) is 0 Å². The lowest BCUT2D eigenvalue weighted by atomic mass is 10.1. The minimum atomic E-state index is -0.134. The smallest absolute Gasteiger partial charge is 0.132 e. The average Bonchev–Trinajstić information content (AvgIpc) is 2.06. The van der Waals surface area contributed by atoms with Gasteiger partial charge in [0.05, 0.1) is 0 Å². The molecule has 66 valence electrons. The lowest BCUT2D eigenvalue weighted by Crippen LogP contribution is -1.83. The lowest BCUT2D eigenvalue weighted by molar-refractivity contribution is 0.639. The number of halogens is 2. The molecule has 0 radical (unpaired) electrons. The molecule has 0 aliphatic rings. The largest absolute Gasteiger partial charge is 0.206 e. The van der Waals surface area contributed by atoms with Crippen molar-refractivity contribution in [2.45, 2.75) is 6.92 Å². The molecule has 2 aromatic carbocycles. The normalized spacial score (nSPS) is 10.7. The molecule has 2 heteroatoms. The number of benzene rings is 2. The molecule has 0 nitrogen and oxygen atoms in total. The highest BCUT2D eigenvalue weighted by molar-refractivity contribution is 14.1. The van der Waals surface area contributed by atoms with Crippen LogP contribution in [0.4, 0.5) is 4.39 Å². The quantitative estimate of drug-likeness (QED) is 0.644. The number of hydrogen-bond acceptors (Lipinski definition) is 0. The van der Waals surface area contributed by atoms with E-state index in [-0.39, 0.29) is 5.82 Å². The Hall–Kier alpha value is -0.640. The summed E-state index contributed by atoms with van der Waals surface area (Å²) in [5.74, 6) is -0.134. The highest BCUT2D eigenvalue weighted by Gasteiger charge is 2.01. The first-order valence-electron chi connectivity index (χ1n) is 4.02. The zero-order valence-electron chi connectivity index (χ0n) is 7.14. The summed E-state index contributed by atoms with van der Waals surface area (Å²) < 4.78 is 14.4. The van der Waals surface area contributed by atoms with Crippen LogP contribution in [-0.4, -0.2) is 0 Å². The van der Waals surface area contributed by atoms with Crippen LogP contribution in [0.2, 0.25) is 0 Å². The molecule has 0 aliphatic carbocycles. The van der Waals surface area contributed by atoms with Crippen LogP contribution in [0.5, 0.6) is 0 Å². The highest BCUT2D eigenvalue weighted by atomic mass is 127. The fourth-order valence-corrected chi connectivity index (χ4v) is 2.00. The first-order valence-corrected chi connectivity index (χ1v) is 5.10. The van der Waals surface area contributed by atoms with Crippen molar-refractivity contribution in [2.24, 2.45) is 0 Å². The van der Waals surface area contributed by atoms with Crippen LogP contribution in [0.25, 0.3) is 10.8 Å². The fraction of sp³-hybridized carbons (Fsp3) is 0.0909.